The summed E-state index contributed by atoms with van der Waals surface area (Å²) in [6.07, 6.45) is 0. The van der Waals surface area contributed by atoms with E-state index >= 15 is 0 Å². The molecule has 0 fully saturated rings. The molecule has 0 saturated heterocycles. The molecule has 0 aliphatic carbocycles. The Balaban J connectivity index is 1.84. The van der Waals surface area contributed by atoms with E-state index in [1.54, 1.807) is 22.3 Å². The topological polar surface area (TPSA) is 66.5 Å². The van der Waals surface area contributed by atoms with Crippen LogP contribution < -0.4 is 4.72 Å². The molecule has 0 aliphatic rings. The molecule has 1 aromatic heterocycles. The third kappa shape index (κ3) is 4.58. The fourth-order valence-electron chi connectivity index (χ4n) is 2.64. The number of nitrogens with one attached hydrogen (secondary N) is 1. The lowest BCUT2D eigenvalue weighted by Crippen LogP contribution is -2.30. The number of para-hydroxylation sites is 1. The molecule has 0 bridgehead atoms. The summed E-state index contributed by atoms with van der Waals surface area (Å²) < 4.78 is 41.3. The minimum atomic E-state index is -4.03. The standard InChI is InChI=1S/C20H19FN2O3S2/c1-2-23(14-16-8-6-12-27-16)20(24)15-7-5-9-17(13-15)28(25,26)22-19-11-4-3-10-18(19)21/h3-13,22H,2,14H2,1H3. The molecule has 0 saturated carbocycles. The van der Waals surface area contributed by atoms with Crippen molar-refractivity contribution in [3.8, 4) is 0 Å². The number of carbonyl (C=O) groups excluding carboxylic acids is 1. The van der Waals surface area contributed by atoms with Crippen LogP contribution in [0, 0.1) is 5.82 Å². The van der Waals surface area contributed by atoms with E-state index in [0.29, 0.717) is 13.1 Å². The average molecular weight is 419 g/mol. The second-order valence-electron chi connectivity index (χ2n) is 6.01. The Kier molecular flexibility index (Phi) is 6.11. The van der Waals surface area contributed by atoms with Crippen LogP contribution in [0.15, 0.2) is 70.9 Å². The van der Waals surface area contributed by atoms with Gasteiger partial charge in [0.2, 0.25) is 0 Å². The van der Waals surface area contributed by atoms with Crippen LogP contribution in [-0.4, -0.2) is 25.8 Å². The zero-order valence-corrected chi connectivity index (χ0v) is 16.8. The molecular weight excluding hydrogens is 399 g/mol. The van der Waals surface area contributed by atoms with Gasteiger partial charge in [0, 0.05) is 17.0 Å². The molecule has 5 nitrogen and oxygen atoms in total. The fourth-order valence-corrected chi connectivity index (χ4v) is 4.48. The minimum absolute atomic E-state index is 0.103. The number of amides is 1. The molecule has 28 heavy (non-hydrogen) atoms. The average Bonchev–Trinajstić information content (AvgIpc) is 3.20. The molecule has 1 N–H and O–H groups in total. The predicted octanol–water partition coefficient (Wildman–Crippen LogP) is 4.35. The summed E-state index contributed by atoms with van der Waals surface area (Å²) in [6.45, 7) is 2.81. The van der Waals surface area contributed by atoms with Crippen molar-refractivity contribution in [2.75, 3.05) is 11.3 Å². The van der Waals surface area contributed by atoms with Crippen molar-refractivity contribution in [3.05, 3.63) is 82.3 Å². The number of thiophene rings is 1. The molecule has 1 heterocycles. The largest absolute Gasteiger partial charge is 0.334 e. The van der Waals surface area contributed by atoms with Gasteiger partial charge < -0.3 is 4.90 Å². The van der Waals surface area contributed by atoms with Gasteiger partial charge in [-0.25, -0.2) is 12.8 Å². The zero-order valence-electron chi connectivity index (χ0n) is 15.1. The second kappa shape index (κ2) is 8.53. The first kappa shape index (κ1) is 20.0. The highest BCUT2D eigenvalue weighted by Gasteiger charge is 2.20. The van der Waals surface area contributed by atoms with Crippen LogP contribution in [-0.2, 0) is 16.6 Å². The molecular formula is C20H19FN2O3S2. The molecule has 0 unspecified atom stereocenters. The van der Waals surface area contributed by atoms with Crippen LogP contribution in [0.5, 0.6) is 0 Å². The lowest BCUT2D eigenvalue weighted by Gasteiger charge is -2.20. The summed E-state index contributed by atoms with van der Waals surface area (Å²) >= 11 is 1.55. The lowest BCUT2D eigenvalue weighted by atomic mass is 10.2. The normalized spacial score (nSPS) is 11.2. The van der Waals surface area contributed by atoms with Crippen molar-refractivity contribution in [2.24, 2.45) is 0 Å². The molecule has 1 amide bonds. The molecule has 0 atom stereocenters. The number of hydrogen-bond acceptors (Lipinski definition) is 4. The Hall–Kier alpha value is -2.71. The first-order valence-corrected chi connectivity index (χ1v) is 11.0. The second-order valence-corrected chi connectivity index (χ2v) is 8.73. The Labute approximate surface area is 167 Å². The van der Waals surface area contributed by atoms with E-state index in [0.717, 1.165) is 4.88 Å². The maximum Gasteiger partial charge on any atom is 0.262 e. The summed E-state index contributed by atoms with van der Waals surface area (Å²) in [7, 11) is -4.03. The number of nitrogens with zero attached hydrogens (tertiary/aromatic N) is 1. The quantitative estimate of drug-likeness (QED) is 0.620. The van der Waals surface area contributed by atoms with Crippen molar-refractivity contribution < 1.29 is 17.6 Å². The first-order chi connectivity index (χ1) is 13.4. The number of anilines is 1. The van der Waals surface area contributed by atoms with Crippen molar-refractivity contribution >= 4 is 33.0 Å². The van der Waals surface area contributed by atoms with Gasteiger partial charge in [-0.15, -0.1) is 11.3 Å². The van der Waals surface area contributed by atoms with Gasteiger partial charge in [0.1, 0.15) is 5.82 Å². The monoisotopic (exact) mass is 418 g/mol. The minimum Gasteiger partial charge on any atom is -0.334 e. The van der Waals surface area contributed by atoms with Crippen LogP contribution in [0.2, 0.25) is 0 Å². The van der Waals surface area contributed by atoms with Crippen molar-refractivity contribution in [1.82, 2.24) is 4.90 Å². The predicted molar refractivity (Wildman–Crippen MR) is 108 cm³/mol. The molecule has 0 radical (unpaired) electrons. The molecule has 8 heteroatoms. The SMILES string of the molecule is CCN(Cc1cccs1)C(=O)c1cccc(S(=O)(=O)Nc2ccccc2F)c1. The number of rotatable bonds is 7. The van der Waals surface area contributed by atoms with E-state index < -0.39 is 15.8 Å². The highest BCUT2D eigenvalue weighted by atomic mass is 32.2. The highest BCUT2D eigenvalue weighted by molar-refractivity contribution is 7.92. The molecule has 0 aliphatic heterocycles. The van der Waals surface area contributed by atoms with Crippen LogP contribution in [0.1, 0.15) is 22.2 Å². The Morgan fingerprint density at radius 3 is 2.57 bits per heavy atom. The highest BCUT2D eigenvalue weighted by Crippen LogP contribution is 2.21. The molecule has 3 aromatic rings. The van der Waals surface area contributed by atoms with E-state index in [2.05, 4.69) is 4.72 Å². The van der Waals surface area contributed by atoms with Gasteiger partial charge in [0.05, 0.1) is 17.1 Å². The maximum absolute atomic E-state index is 13.8. The van der Waals surface area contributed by atoms with E-state index in [1.807, 2.05) is 24.4 Å². The van der Waals surface area contributed by atoms with E-state index in [1.165, 1.54) is 42.5 Å². The van der Waals surface area contributed by atoms with Gasteiger partial charge in [-0.05, 0) is 48.7 Å². The van der Waals surface area contributed by atoms with Crippen LogP contribution >= 0.6 is 11.3 Å². The fraction of sp³-hybridized carbons (Fsp3) is 0.150. The van der Waals surface area contributed by atoms with Gasteiger partial charge in [0.15, 0.2) is 0 Å². The number of hydrogen-bond donors (Lipinski definition) is 1. The van der Waals surface area contributed by atoms with E-state index in [9.17, 15) is 17.6 Å². The molecule has 3 rings (SSSR count). The smallest absolute Gasteiger partial charge is 0.262 e. The Morgan fingerprint density at radius 1 is 1.11 bits per heavy atom. The Bertz CT molecular complexity index is 1070. The van der Waals surface area contributed by atoms with Gasteiger partial charge in [-0.1, -0.05) is 24.3 Å². The number of sulfonamides is 1. The summed E-state index contributed by atoms with van der Waals surface area (Å²) in [4.78, 5) is 15.4. The number of benzene rings is 2. The molecule has 0 spiro atoms. The zero-order chi connectivity index (χ0) is 20.1. The van der Waals surface area contributed by atoms with Crippen LogP contribution in [0.4, 0.5) is 10.1 Å². The van der Waals surface area contributed by atoms with Gasteiger partial charge in [-0.3, -0.25) is 9.52 Å². The van der Waals surface area contributed by atoms with Crippen LogP contribution in [0.25, 0.3) is 0 Å². The lowest BCUT2D eigenvalue weighted by molar-refractivity contribution is 0.0754. The summed E-state index contributed by atoms with van der Waals surface area (Å²) in [5.74, 6) is -0.940. The summed E-state index contributed by atoms with van der Waals surface area (Å²) in [6, 6.07) is 15.1. The maximum atomic E-state index is 13.8. The summed E-state index contributed by atoms with van der Waals surface area (Å²) in [5, 5.41) is 1.94. The third-order valence-corrected chi connectivity index (χ3v) is 6.33. The first-order valence-electron chi connectivity index (χ1n) is 8.60. The van der Waals surface area contributed by atoms with Crippen molar-refractivity contribution in [3.63, 3.8) is 0 Å². The van der Waals surface area contributed by atoms with Gasteiger partial charge in [0.25, 0.3) is 15.9 Å². The Morgan fingerprint density at radius 2 is 1.89 bits per heavy atom. The van der Waals surface area contributed by atoms with Crippen LogP contribution in [0.3, 0.4) is 0 Å². The van der Waals surface area contributed by atoms with Crippen molar-refractivity contribution in [1.29, 1.82) is 0 Å². The molecule has 2 aromatic carbocycles. The van der Waals surface area contributed by atoms with E-state index in [-0.39, 0.29) is 22.1 Å². The third-order valence-electron chi connectivity index (χ3n) is 4.11. The summed E-state index contributed by atoms with van der Waals surface area (Å²) in [5.41, 5.74) is 0.113. The number of carbonyl (C=O) groups is 1. The number of halogens is 1. The van der Waals surface area contributed by atoms with Gasteiger partial charge >= 0.3 is 0 Å². The molecule has 146 valence electrons. The van der Waals surface area contributed by atoms with Crippen molar-refractivity contribution in [2.45, 2.75) is 18.4 Å². The van der Waals surface area contributed by atoms with E-state index in [4.69, 9.17) is 0 Å². The van der Waals surface area contributed by atoms with Gasteiger partial charge in [-0.2, -0.15) is 0 Å².